The SMILES string of the molecule is CCCCCCCCOC(=O)CC(CC(=O)OCCCCCCCC)CC(=O)OCCN(CCOC(=O)CC(CC(=O)OCCCCCCCC)CC(=O)OCCCCCCCC)C(=O)OCCN1CCCCC1. The van der Waals surface area contributed by atoms with Gasteiger partial charge in [-0.25, -0.2) is 4.79 Å². The summed E-state index contributed by atoms with van der Waals surface area (Å²) in [6.45, 7) is 11.6. The van der Waals surface area contributed by atoms with Gasteiger partial charge in [0, 0.05) is 45.1 Å². The highest BCUT2D eigenvalue weighted by Crippen LogP contribution is 2.20. The molecule has 0 aliphatic carbocycles. The normalized spacial score (nSPS) is 12.6. The molecule has 0 radical (unpaired) electrons. The van der Waals surface area contributed by atoms with Crippen LogP contribution in [0.15, 0.2) is 0 Å². The predicted molar refractivity (Wildman–Crippen MR) is 287 cm³/mol. The van der Waals surface area contributed by atoms with Crippen LogP contribution in [-0.4, -0.2) is 131 Å². The van der Waals surface area contributed by atoms with Gasteiger partial charge < -0.3 is 38.1 Å². The minimum atomic E-state index is -0.708. The van der Waals surface area contributed by atoms with Crippen molar-refractivity contribution in [1.29, 1.82) is 0 Å². The fourth-order valence-electron chi connectivity index (χ4n) is 8.84. The summed E-state index contributed by atoms with van der Waals surface area (Å²) in [5, 5.41) is 0. The topological polar surface area (TPSA) is 191 Å². The Bertz CT molecular complexity index is 1300. The first-order valence-electron chi connectivity index (χ1n) is 29.6. The molecule has 16 heteroatoms. The van der Waals surface area contributed by atoms with Crippen molar-refractivity contribution in [2.24, 2.45) is 11.8 Å². The van der Waals surface area contributed by atoms with E-state index in [1.807, 2.05) is 0 Å². The Labute approximate surface area is 447 Å². The second-order valence-electron chi connectivity index (χ2n) is 20.4. The second-order valence-corrected chi connectivity index (χ2v) is 20.4. The highest BCUT2D eigenvalue weighted by atomic mass is 16.6. The third-order valence-corrected chi connectivity index (χ3v) is 13.4. The monoisotopic (exact) mass is 1050 g/mol. The van der Waals surface area contributed by atoms with Crippen molar-refractivity contribution >= 4 is 41.9 Å². The Morgan fingerprint density at radius 2 is 0.608 bits per heavy atom. The average Bonchev–Trinajstić information content (AvgIpc) is 3.37. The zero-order chi connectivity index (χ0) is 54.1. The van der Waals surface area contributed by atoms with E-state index in [1.54, 1.807) is 0 Å². The number of piperidine rings is 1. The maximum atomic E-state index is 13.5. The van der Waals surface area contributed by atoms with E-state index in [0.29, 0.717) is 6.54 Å². The van der Waals surface area contributed by atoms with E-state index in [2.05, 4.69) is 32.6 Å². The van der Waals surface area contributed by atoms with Crippen molar-refractivity contribution in [3.05, 3.63) is 0 Å². The molecule has 1 heterocycles. The van der Waals surface area contributed by atoms with Crippen LogP contribution >= 0.6 is 0 Å². The van der Waals surface area contributed by atoms with E-state index in [-0.39, 0.29) is 97.9 Å². The molecule has 1 rings (SSSR count). The van der Waals surface area contributed by atoms with Crippen LogP contribution in [0.5, 0.6) is 0 Å². The Balaban J connectivity index is 2.94. The van der Waals surface area contributed by atoms with Gasteiger partial charge in [0.15, 0.2) is 0 Å². The van der Waals surface area contributed by atoms with Crippen molar-refractivity contribution in [2.45, 2.75) is 240 Å². The molecule has 1 aliphatic rings. The summed E-state index contributed by atoms with van der Waals surface area (Å²) < 4.78 is 38.7. The molecule has 0 bridgehead atoms. The summed E-state index contributed by atoms with van der Waals surface area (Å²) >= 11 is 0. The number of likely N-dealkylation sites (tertiary alicyclic amines) is 1. The Morgan fingerprint density at radius 3 is 0.905 bits per heavy atom. The van der Waals surface area contributed by atoms with E-state index in [1.165, 1.54) is 37.0 Å². The summed E-state index contributed by atoms with van der Waals surface area (Å²) in [5.41, 5.74) is 0. The molecule has 0 aromatic carbocycles. The average molecular weight is 1050 g/mol. The van der Waals surface area contributed by atoms with Crippen LogP contribution in [-0.2, 0) is 61.9 Å². The Morgan fingerprint density at radius 1 is 0.338 bits per heavy atom. The molecule has 0 aromatic heterocycles. The molecule has 1 amide bonds. The Hall–Kier alpha value is -3.95. The number of carbonyl (C=O) groups excluding carboxylic acids is 7. The fraction of sp³-hybridized carbons (Fsp3) is 0.879. The lowest BCUT2D eigenvalue weighted by atomic mass is 9.97. The van der Waals surface area contributed by atoms with Gasteiger partial charge >= 0.3 is 41.9 Å². The quantitative estimate of drug-likeness (QED) is 0.0317. The van der Waals surface area contributed by atoms with Crippen LogP contribution < -0.4 is 0 Å². The lowest BCUT2D eigenvalue weighted by Gasteiger charge is -2.27. The van der Waals surface area contributed by atoms with E-state index in [4.69, 9.17) is 33.2 Å². The standard InChI is InChI=1S/C58H104N2O14/c1-5-9-13-17-21-28-37-68-52(61)44-50(45-53(62)69-38-29-22-18-14-10-6-2)48-56(65)72-42-35-60(58(67)74-41-34-59-32-26-25-27-33-59)36-43-73-57(66)49-51(46-54(63)70-39-30-23-19-15-11-7-3)47-55(64)71-40-31-24-20-16-12-8-4/h50-51H,5-49H2,1-4H3. The number of hydrogen-bond donors (Lipinski definition) is 0. The number of esters is 6. The molecule has 1 saturated heterocycles. The molecule has 0 unspecified atom stereocenters. The summed E-state index contributed by atoms with van der Waals surface area (Å²) in [4.78, 5) is 95.2. The van der Waals surface area contributed by atoms with Gasteiger partial charge in [-0.2, -0.15) is 0 Å². The predicted octanol–water partition coefficient (Wildman–Crippen LogP) is 12.2. The van der Waals surface area contributed by atoms with Gasteiger partial charge in [-0.05, 0) is 63.5 Å². The van der Waals surface area contributed by atoms with Crippen molar-refractivity contribution in [2.75, 3.05) is 79.0 Å². The minimum Gasteiger partial charge on any atom is -0.466 e. The molecule has 16 nitrogen and oxygen atoms in total. The first-order valence-corrected chi connectivity index (χ1v) is 29.6. The third kappa shape index (κ3) is 41.3. The molecule has 0 saturated carbocycles. The lowest BCUT2D eigenvalue weighted by molar-refractivity contribution is -0.152. The molecular formula is C58H104N2O14. The highest BCUT2D eigenvalue weighted by Gasteiger charge is 2.26. The molecule has 0 atom stereocenters. The lowest BCUT2D eigenvalue weighted by Crippen LogP contribution is -2.39. The van der Waals surface area contributed by atoms with Gasteiger partial charge in [0.2, 0.25) is 0 Å². The fourth-order valence-corrected chi connectivity index (χ4v) is 8.84. The second kappa shape index (κ2) is 48.7. The molecule has 0 aromatic rings. The first kappa shape index (κ1) is 68.1. The van der Waals surface area contributed by atoms with Crippen LogP contribution in [0.4, 0.5) is 4.79 Å². The van der Waals surface area contributed by atoms with Crippen LogP contribution in [0.1, 0.15) is 240 Å². The smallest absolute Gasteiger partial charge is 0.410 e. The summed E-state index contributed by atoms with van der Waals surface area (Å²) in [6.07, 6.45) is 26.5. The number of ether oxygens (including phenoxy) is 7. The van der Waals surface area contributed by atoms with Crippen molar-refractivity contribution in [3.8, 4) is 0 Å². The molecule has 1 fully saturated rings. The molecule has 1 aliphatic heterocycles. The minimum absolute atomic E-state index is 0.0887. The van der Waals surface area contributed by atoms with Crippen molar-refractivity contribution in [1.82, 2.24) is 9.80 Å². The van der Waals surface area contributed by atoms with Crippen LogP contribution in [0.25, 0.3) is 0 Å². The van der Waals surface area contributed by atoms with Gasteiger partial charge in [-0.15, -0.1) is 0 Å². The van der Waals surface area contributed by atoms with E-state index in [0.717, 1.165) is 154 Å². The van der Waals surface area contributed by atoms with E-state index < -0.39 is 53.7 Å². The number of carbonyl (C=O) groups is 7. The van der Waals surface area contributed by atoms with Gasteiger partial charge in [-0.3, -0.25) is 33.7 Å². The molecule has 0 spiro atoms. The van der Waals surface area contributed by atoms with Crippen LogP contribution in [0.3, 0.4) is 0 Å². The van der Waals surface area contributed by atoms with Crippen LogP contribution in [0, 0.1) is 11.8 Å². The van der Waals surface area contributed by atoms with Crippen molar-refractivity contribution in [3.63, 3.8) is 0 Å². The highest BCUT2D eigenvalue weighted by molar-refractivity contribution is 5.77. The third-order valence-electron chi connectivity index (χ3n) is 13.4. The summed E-state index contributed by atoms with van der Waals surface area (Å²) in [5.74, 6) is -4.71. The zero-order valence-corrected chi connectivity index (χ0v) is 47.1. The number of amides is 1. The zero-order valence-electron chi connectivity index (χ0n) is 47.1. The molecular weight excluding hydrogens is 949 g/mol. The van der Waals surface area contributed by atoms with Crippen molar-refractivity contribution < 1.29 is 66.7 Å². The molecule has 74 heavy (non-hydrogen) atoms. The van der Waals surface area contributed by atoms with Gasteiger partial charge in [-0.1, -0.05) is 163 Å². The maximum absolute atomic E-state index is 13.5. The van der Waals surface area contributed by atoms with Gasteiger partial charge in [0.25, 0.3) is 0 Å². The first-order chi connectivity index (χ1) is 36.0. The molecule has 430 valence electrons. The number of rotatable bonds is 49. The van der Waals surface area contributed by atoms with Crippen LogP contribution in [0.2, 0.25) is 0 Å². The number of nitrogens with zero attached hydrogens (tertiary/aromatic N) is 2. The van der Waals surface area contributed by atoms with Gasteiger partial charge in [0.05, 0.1) is 39.5 Å². The summed E-state index contributed by atoms with van der Waals surface area (Å²) in [7, 11) is 0. The van der Waals surface area contributed by atoms with Gasteiger partial charge in [0.1, 0.15) is 19.8 Å². The maximum Gasteiger partial charge on any atom is 0.410 e. The number of unbranched alkanes of at least 4 members (excludes halogenated alkanes) is 20. The number of hydrogen-bond acceptors (Lipinski definition) is 15. The van der Waals surface area contributed by atoms with E-state index in [9.17, 15) is 33.6 Å². The Kier molecular flexibility index (Phi) is 44.8. The summed E-state index contributed by atoms with van der Waals surface area (Å²) in [6, 6.07) is 0. The van der Waals surface area contributed by atoms with E-state index >= 15 is 0 Å². The largest absolute Gasteiger partial charge is 0.466 e. The molecule has 0 N–H and O–H groups in total.